The van der Waals surface area contributed by atoms with Gasteiger partial charge in [-0.05, 0) is 0 Å². The number of hydrogen-bond acceptors (Lipinski definition) is 3. The number of aryl methyl sites for hydroxylation is 2. The molecule has 0 unspecified atom stereocenters. The molecule has 1 saturated heterocycles. The van der Waals surface area contributed by atoms with E-state index in [1.165, 1.54) is 44.7 Å². The molecule has 2 rings (SSSR count). The van der Waals surface area contributed by atoms with Crippen LogP contribution in [0.3, 0.4) is 0 Å². The molecule has 0 amide bonds. The zero-order chi connectivity index (χ0) is 13.0. The minimum absolute atomic E-state index is 0.721. The Labute approximate surface area is 118 Å². The Kier molecular flexibility index (Phi) is 5.44. The van der Waals surface area contributed by atoms with Crippen molar-refractivity contribution in [3.05, 3.63) is 18.0 Å². The predicted octanol–water partition coefficient (Wildman–Crippen LogP) is 1.88. The second-order valence-corrected chi connectivity index (χ2v) is 10.6. The molecule has 104 valence electrons. The van der Waals surface area contributed by atoms with Crippen molar-refractivity contribution in [3.63, 3.8) is 0 Å². The van der Waals surface area contributed by atoms with Crippen molar-refractivity contribution in [1.82, 2.24) is 17.8 Å². The molecule has 0 bridgehead atoms. The molecule has 0 saturated carbocycles. The van der Waals surface area contributed by atoms with Gasteiger partial charge in [0.05, 0.1) is 0 Å². The second-order valence-electron chi connectivity index (χ2n) is 5.10. The van der Waals surface area contributed by atoms with E-state index in [1.807, 2.05) is 6.20 Å². The van der Waals surface area contributed by atoms with Gasteiger partial charge in [-0.25, -0.2) is 0 Å². The summed E-state index contributed by atoms with van der Waals surface area (Å²) in [5.41, 5.74) is 1.26. The van der Waals surface area contributed by atoms with Gasteiger partial charge in [0.1, 0.15) is 0 Å². The number of alkyl halides is 2. The van der Waals surface area contributed by atoms with Crippen molar-refractivity contribution in [2.45, 2.75) is 19.9 Å². The molecule has 1 fully saturated rings. The van der Waals surface area contributed by atoms with E-state index in [-0.39, 0.29) is 0 Å². The van der Waals surface area contributed by atoms with Crippen LogP contribution in [0.5, 0.6) is 0 Å². The molecule has 0 atom stereocenters. The van der Waals surface area contributed by atoms with Gasteiger partial charge in [0, 0.05) is 0 Å². The van der Waals surface area contributed by atoms with Gasteiger partial charge < -0.3 is 0 Å². The maximum atomic E-state index is 4.33. The van der Waals surface area contributed by atoms with Crippen LogP contribution in [0, 0.1) is 6.92 Å². The molecule has 1 aliphatic heterocycles. The summed E-state index contributed by atoms with van der Waals surface area (Å²) in [4.78, 5) is 7.49. The molecule has 0 radical (unpaired) electrons. The molecule has 18 heavy (non-hydrogen) atoms. The van der Waals surface area contributed by atoms with Gasteiger partial charge in [0.25, 0.3) is 0 Å². The first kappa shape index (κ1) is 14.3. The summed E-state index contributed by atoms with van der Waals surface area (Å²) in [6.07, 6.45) is 5.28. The molecule has 0 aliphatic carbocycles. The summed E-state index contributed by atoms with van der Waals surface area (Å²) in [5, 5.41) is 4.33. The van der Waals surface area contributed by atoms with Crippen molar-refractivity contribution < 1.29 is 0 Å². The summed E-state index contributed by atoms with van der Waals surface area (Å²) in [5.74, 6) is 0. The molecular formula is C13H25IN4. The standard InChI is InChI=1S/C13H25IN4/c1-13-11-15-18(12-13)6-4-5-16-7-9-17(10-8-16)14(2)3/h11-12H,4-10H2,1-3H3. The van der Waals surface area contributed by atoms with Gasteiger partial charge in [0.15, 0.2) is 0 Å². The van der Waals surface area contributed by atoms with E-state index >= 15 is 0 Å². The summed E-state index contributed by atoms with van der Waals surface area (Å²) < 4.78 is 4.78. The number of piperazine rings is 1. The van der Waals surface area contributed by atoms with E-state index in [4.69, 9.17) is 0 Å². The minimum atomic E-state index is -0.721. The number of aromatic nitrogens is 2. The van der Waals surface area contributed by atoms with Crippen molar-refractivity contribution in [3.8, 4) is 0 Å². The average molecular weight is 364 g/mol. The fourth-order valence-electron chi connectivity index (χ4n) is 2.33. The van der Waals surface area contributed by atoms with Gasteiger partial charge in [-0.15, -0.1) is 0 Å². The van der Waals surface area contributed by atoms with Crippen LogP contribution >= 0.6 is 20.1 Å². The topological polar surface area (TPSA) is 24.3 Å². The van der Waals surface area contributed by atoms with Crippen LogP contribution in [0.15, 0.2) is 12.4 Å². The van der Waals surface area contributed by atoms with Gasteiger partial charge in [0.2, 0.25) is 0 Å². The van der Waals surface area contributed by atoms with Gasteiger partial charge in [-0.1, -0.05) is 0 Å². The van der Waals surface area contributed by atoms with Crippen LogP contribution in [-0.2, 0) is 6.54 Å². The predicted molar refractivity (Wildman–Crippen MR) is 85.5 cm³/mol. The molecule has 2 heterocycles. The van der Waals surface area contributed by atoms with Crippen LogP contribution in [-0.4, -0.2) is 60.4 Å². The zero-order valence-electron chi connectivity index (χ0n) is 11.8. The Hall–Kier alpha value is -0.140. The van der Waals surface area contributed by atoms with Gasteiger partial charge >= 0.3 is 118 Å². The Morgan fingerprint density at radius 2 is 1.89 bits per heavy atom. The first-order chi connectivity index (χ1) is 8.65. The van der Waals surface area contributed by atoms with E-state index in [2.05, 4.69) is 40.8 Å². The van der Waals surface area contributed by atoms with Crippen LogP contribution in [0.1, 0.15) is 12.0 Å². The third kappa shape index (κ3) is 4.20. The molecular weight excluding hydrogens is 339 g/mol. The normalized spacial score (nSPS) is 19.2. The zero-order valence-corrected chi connectivity index (χ0v) is 13.9. The number of hydrogen-bond donors (Lipinski definition) is 0. The summed E-state index contributed by atoms with van der Waals surface area (Å²) in [6, 6.07) is 0. The number of nitrogens with zero attached hydrogens (tertiary/aromatic N) is 4. The Bertz CT molecular complexity index is 356. The molecule has 0 N–H and O–H groups in total. The molecule has 0 spiro atoms. The second kappa shape index (κ2) is 6.86. The van der Waals surface area contributed by atoms with Crippen LogP contribution in [0.4, 0.5) is 0 Å². The Morgan fingerprint density at radius 3 is 2.44 bits per heavy atom. The monoisotopic (exact) mass is 364 g/mol. The third-order valence-corrected chi connectivity index (χ3v) is 7.11. The fraction of sp³-hybridized carbons (Fsp3) is 0.769. The van der Waals surface area contributed by atoms with E-state index in [0.717, 1.165) is 6.54 Å². The molecule has 5 heteroatoms. The van der Waals surface area contributed by atoms with Crippen LogP contribution in [0.2, 0.25) is 0 Å². The van der Waals surface area contributed by atoms with E-state index in [9.17, 15) is 0 Å². The summed E-state index contributed by atoms with van der Waals surface area (Å²) in [6.45, 7) is 9.46. The molecule has 1 aromatic rings. The Balaban J connectivity index is 1.63. The van der Waals surface area contributed by atoms with E-state index < -0.39 is 20.1 Å². The maximum absolute atomic E-state index is 4.33. The van der Waals surface area contributed by atoms with Crippen molar-refractivity contribution >= 4 is 20.1 Å². The average Bonchev–Trinajstić information content (AvgIpc) is 2.76. The summed E-state index contributed by atoms with van der Waals surface area (Å²) >= 11 is -0.721. The van der Waals surface area contributed by atoms with Crippen molar-refractivity contribution in [2.24, 2.45) is 0 Å². The number of halogens is 1. The van der Waals surface area contributed by atoms with E-state index in [0.29, 0.717) is 0 Å². The Morgan fingerprint density at radius 1 is 1.17 bits per heavy atom. The molecule has 1 aromatic heterocycles. The fourth-order valence-corrected chi connectivity index (χ4v) is 4.69. The van der Waals surface area contributed by atoms with Crippen LogP contribution in [0.25, 0.3) is 0 Å². The first-order valence-corrected chi connectivity index (χ1v) is 11.9. The molecule has 4 nitrogen and oxygen atoms in total. The molecule has 0 aromatic carbocycles. The SMILES string of the molecule is Cc1cnn(CCCN2CCN(I(C)C)CC2)c1. The first-order valence-electron chi connectivity index (χ1n) is 6.62. The van der Waals surface area contributed by atoms with Gasteiger partial charge in [-0.3, -0.25) is 0 Å². The summed E-state index contributed by atoms with van der Waals surface area (Å²) in [7, 11) is 0. The van der Waals surface area contributed by atoms with Crippen LogP contribution < -0.4 is 0 Å². The van der Waals surface area contributed by atoms with Crippen molar-refractivity contribution in [2.75, 3.05) is 42.6 Å². The molecule has 1 aliphatic rings. The van der Waals surface area contributed by atoms with E-state index in [1.54, 1.807) is 0 Å². The third-order valence-electron chi connectivity index (χ3n) is 3.42. The van der Waals surface area contributed by atoms with Gasteiger partial charge in [-0.2, -0.15) is 0 Å². The number of rotatable bonds is 5. The van der Waals surface area contributed by atoms with Crippen molar-refractivity contribution in [1.29, 1.82) is 0 Å². The quantitative estimate of drug-likeness (QED) is 0.453.